The van der Waals surface area contributed by atoms with E-state index >= 15 is 0 Å². The molecule has 0 radical (unpaired) electrons. The molecule has 2 amide bonds. The molecule has 2 N–H and O–H groups in total. The van der Waals surface area contributed by atoms with Gasteiger partial charge in [-0.2, -0.15) is 0 Å². The maximum absolute atomic E-state index is 12.0. The summed E-state index contributed by atoms with van der Waals surface area (Å²) in [5.41, 5.74) is 0.894. The predicted octanol–water partition coefficient (Wildman–Crippen LogP) is 4.79. The van der Waals surface area contributed by atoms with Crippen LogP contribution in [0.25, 0.3) is 6.08 Å². The van der Waals surface area contributed by atoms with Gasteiger partial charge in [-0.3, -0.25) is 9.59 Å². The van der Waals surface area contributed by atoms with Crippen LogP contribution < -0.4 is 10.6 Å². The van der Waals surface area contributed by atoms with Crippen molar-refractivity contribution in [2.24, 2.45) is 0 Å². The molecule has 0 aliphatic rings. The maximum atomic E-state index is 12.0. The highest BCUT2D eigenvalue weighted by atomic mass is 35.5. The number of rotatable bonds is 8. The monoisotopic (exact) mass is 449 g/mol. The van der Waals surface area contributed by atoms with Gasteiger partial charge in [0.15, 0.2) is 5.13 Å². The van der Waals surface area contributed by atoms with Crippen LogP contribution in [0.1, 0.15) is 22.6 Å². The second-order valence-corrected chi connectivity index (χ2v) is 7.94. The van der Waals surface area contributed by atoms with E-state index in [1.807, 2.05) is 6.07 Å². The number of nitrogens with one attached hydrogen (secondary N) is 2. The van der Waals surface area contributed by atoms with Crippen LogP contribution in [0.4, 0.5) is 5.13 Å². The van der Waals surface area contributed by atoms with E-state index in [1.54, 1.807) is 36.5 Å². The van der Waals surface area contributed by atoms with Crippen LogP contribution in [0.5, 0.6) is 0 Å². The molecule has 6 nitrogen and oxygen atoms in total. The van der Waals surface area contributed by atoms with Gasteiger partial charge in [-0.1, -0.05) is 23.2 Å². The fourth-order valence-electron chi connectivity index (χ4n) is 2.40. The van der Waals surface area contributed by atoms with Gasteiger partial charge >= 0.3 is 0 Å². The summed E-state index contributed by atoms with van der Waals surface area (Å²) in [4.78, 5) is 28.9. The van der Waals surface area contributed by atoms with Gasteiger partial charge in [0.1, 0.15) is 5.76 Å². The lowest BCUT2D eigenvalue weighted by Crippen LogP contribution is -2.26. The molecule has 0 unspecified atom stereocenters. The summed E-state index contributed by atoms with van der Waals surface area (Å²) in [7, 11) is 0. The molecule has 1 aromatic carbocycles. The molecule has 2 heterocycles. The highest BCUT2D eigenvalue weighted by molar-refractivity contribution is 7.15. The normalized spacial score (nSPS) is 11.0. The zero-order chi connectivity index (χ0) is 20.6. The summed E-state index contributed by atoms with van der Waals surface area (Å²) in [6.45, 7) is 0.212. The summed E-state index contributed by atoms with van der Waals surface area (Å²) in [5, 5.41) is 7.10. The van der Waals surface area contributed by atoms with Gasteiger partial charge in [-0.15, -0.1) is 11.3 Å². The second kappa shape index (κ2) is 10.2. The molecule has 0 atom stereocenters. The zero-order valence-electron chi connectivity index (χ0n) is 15.2. The lowest BCUT2D eigenvalue weighted by Gasteiger charge is -2.03. The van der Waals surface area contributed by atoms with Crippen LogP contribution >= 0.6 is 34.5 Å². The van der Waals surface area contributed by atoms with E-state index in [2.05, 4.69) is 15.6 Å². The minimum absolute atomic E-state index is 0.134. The van der Waals surface area contributed by atoms with Gasteiger partial charge in [-0.25, -0.2) is 4.98 Å². The number of furan rings is 1. The number of amides is 2. The van der Waals surface area contributed by atoms with E-state index in [9.17, 15) is 9.59 Å². The van der Waals surface area contributed by atoms with Gasteiger partial charge < -0.3 is 15.1 Å². The first kappa shape index (κ1) is 21.1. The molecule has 0 aliphatic carbocycles. The van der Waals surface area contributed by atoms with Crippen LogP contribution in [0, 0.1) is 0 Å². The molecule has 0 aliphatic heterocycles. The van der Waals surface area contributed by atoms with Crippen LogP contribution in [-0.2, 0) is 16.0 Å². The molecule has 2 aromatic heterocycles. The van der Waals surface area contributed by atoms with Crippen molar-refractivity contribution in [3.05, 3.63) is 75.1 Å². The van der Waals surface area contributed by atoms with Crippen molar-refractivity contribution in [2.75, 3.05) is 11.9 Å². The molecule has 150 valence electrons. The summed E-state index contributed by atoms with van der Waals surface area (Å²) >= 11 is 13.6. The van der Waals surface area contributed by atoms with Crippen molar-refractivity contribution in [1.82, 2.24) is 10.3 Å². The van der Waals surface area contributed by atoms with Crippen LogP contribution in [0.3, 0.4) is 0 Å². The number of carbonyl (C=O) groups is 2. The van der Waals surface area contributed by atoms with Crippen molar-refractivity contribution >= 4 is 57.6 Å². The summed E-state index contributed by atoms with van der Waals surface area (Å²) < 4.78 is 5.09. The zero-order valence-corrected chi connectivity index (χ0v) is 17.5. The van der Waals surface area contributed by atoms with Crippen molar-refractivity contribution < 1.29 is 14.0 Å². The average Bonchev–Trinajstić information content (AvgIpc) is 3.35. The van der Waals surface area contributed by atoms with Gasteiger partial charge in [-0.05, 0) is 42.0 Å². The Morgan fingerprint density at radius 3 is 2.90 bits per heavy atom. The minimum Gasteiger partial charge on any atom is -0.465 e. The molecule has 3 aromatic rings. The highest BCUT2D eigenvalue weighted by Crippen LogP contribution is 2.27. The van der Waals surface area contributed by atoms with Gasteiger partial charge in [0, 0.05) is 46.6 Å². The van der Waals surface area contributed by atoms with Gasteiger partial charge in [0.25, 0.3) is 0 Å². The van der Waals surface area contributed by atoms with Gasteiger partial charge in [0.05, 0.1) is 6.26 Å². The van der Waals surface area contributed by atoms with E-state index in [4.69, 9.17) is 27.6 Å². The fraction of sp³-hybridized carbons (Fsp3) is 0.150. The maximum Gasteiger partial charge on any atom is 0.244 e. The first-order chi connectivity index (χ1) is 14.0. The predicted molar refractivity (Wildman–Crippen MR) is 115 cm³/mol. The average molecular weight is 450 g/mol. The standard InChI is InChI=1S/C20H17Cl2N3O3S/c21-14-3-5-17(22)13(10-14)11-16-12-24-20(29-16)25-19(27)7-8-23-18(26)6-4-15-2-1-9-28-15/h1-6,9-10,12H,7-8,11H2,(H,23,26)(H,24,25,27)/b6-4+. The number of benzene rings is 1. The number of hydrogen-bond donors (Lipinski definition) is 2. The Hall–Kier alpha value is -2.61. The minimum atomic E-state index is -0.302. The molecule has 3 rings (SSSR count). The molecule has 0 fully saturated rings. The van der Waals surface area contributed by atoms with E-state index in [0.717, 1.165) is 10.4 Å². The Balaban J connectivity index is 1.43. The van der Waals surface area contributed by atoms with Crippen molar-refractivity contribution in [2.45, 2.75) is 12.8 Å². The van der Waals surface area contributed by atoms with Crippen LogP contribution in [-0.4, -0.2) is 23.3 Å². The quantitative estimate of drug-likeness (QED) is 0.484. The third-order valence-corrected chi connectivity index (χ3v) is 5.28. The number of anilines is 1. The second-order valence-electron chi connectivity index (χ2n) is 5.98. The van der Waals surface area contributed by atoms with Crippen LogP contribution in [0.2, 0.25) is 10.0 Å². The molecular formula is C20H17Cl2N3O3S. The summed E-state index contributed by atoms with van der Waals surface area (Å²) in [6.07, 6.45) is 6.83. The summed E-state index contributed by atoms with van der Waals surface area (Å²) in [6, 6.07) is 8.76. The Morgan fingerprint density at radius 2 is 2.10 bits per heavy atom. The third-order valence-electron chi connectivity index (χ3n) is 3.77. The number of thiazole rings is 1. The number of aromatic nitrogens is 1. The van der Waals surface area contributed by atoms with Gasteiger partial charge in [0.2, 0.25) is 11.8 Å². The highest BCUT2D eigenvalue weighted by Gasteiger charge is 2.09. The van der Waals surface area contributed by atoms with Crippen molar-refractivity contribution in [3.8, 4) is 0 Å². The number of nitrogens with zero attached hydrogens (tertiary/aromatic N) is 1. The van der Waals surface area contributed by atoms with E-state index in [1.165, 1.54) is 23.7 Å². The molecule has 9 heteroatoms. The van der Waals surface area contributed by atoms with Crippen LogP contribution in [0.15, 0.2) is 53.3 Å². The number of carbonyl (C=O) groups excluding carboxylic acids is 2. The number of halogens is 2. The van der Waals surface area contributed by atoms with E-state index in [0.29, 0.717) is 27.4 Å². The Morgan fingerprint density at radius 1 is 1.24 bits per heavy atom. The molecule has 29 heavy (non-hydrogen) atoms. The fourth-order valence-corrected chi connectivity index (χ4v) is 3.63. The van der Waals surface area contributed by atoms with E-state index < -0.39 is 0 Å². The molecular weight excluding hydrogens is 433 g/mol. The first-order valence-electron chi connectivity index (χ1n) is 8.67. The smallest absolute Gasteiger partial charge is 0.244 e. The molecule has 0 saturated carbocycles. The summed E-state index contributed by atoms with van der Waals surface area (Å²) in [5.74, 6) is 0.0441. The molecule has 0 spiro atoms. The van der Waals surface area contributed by atoms with Crippen molar-refractivity contribution in [1.29, 1.82) is 0 Å². The Kier molecular flexibility index (Phi) is 7.46. The topological polar surface area (TPSA) is 84.2 Å². The Labute approximate surface area is 181 Å². The lowest BCUT2D eigenvalue weighted by atomic mass is 10.1. The first-order valence-corrected chi connectivity index (χ1v) is 10.2. The third kappa shape index (κ3) is 6.74. The molecule has 0 bridgehead atoms. The SMILES string of the molecule is O=C(/C=C/c1ccco1)NCCC(=O)Nc1ncc(Cc2cc(Cl)ccc2Cl)s1. The largest absolute Gasteiger partial charge is 0.465 e. The van der Waals surface area contributed by atoms with Crippen molar-refractivity contribution in [3.63, 3.8) is 0 Å². The lowest BCUT2D eigenvalue weighted by molar-refractivity contribution is -0.117. The molecule has 0 saturated heterocycles. The van der Waals surface area contributed by atoms with E-state index in [-0.39, 0.29) is 24.8 Å². The number of hydrogen-bond acceptors (Lipinski definition) is 5. The Bertz CT molecular complexity index is 1020.